The first-order chi connectivity index (χ1) is 7.63. The number of hydrogen-bond acceptors (Lipinski definition) is 3. The average Bonchev–Trinajstić information content (AvgIpc) is 2.26. The molecule has 0 spiro atoms. The molecule has 2 rings (SSSR count). The van der Waals surface area contributed by atoms with Gasteiger partial charge in [-0.2, -0.15) is 5.26 Å². The number of aryl methyl sites for hydroxylation is 1. The highest BCUT2D eigenvalue weighted by molar-refractivity contribution is 8.00. The van der Waals surface area contributed by atoms with Crippen LogP contribution in [0.5, 0.6) is 0 Å². The molecule has 2 atom stereocenters. The molecule has 0 bridgehead atoms. The molecule has 3 heteroatoms. The van der Waals surface area contributed by atoms with Crippen molar-refractivity contribution in [2.75, 3.05) is 5.32 Å². The van der Waals surface area contributed by atoms with E-state index in [1.165, 1.54) is 21.7 Å². The van der Waals surface area contributed by atoms with Crippen LogP contribution < -0.4 is 5.32 Å². The fourth-order valence-corrected chi connectivity index (χ4v) is 3.20. The monoisotopic (exact) mass is 232 g/mol. The van der Waals surface area contributed by atoms with Gasteiger partial charge in [0.25, 0.3) is 0 Å². The van der Waals surface area contributed by atoms with Crippen molar-refractivity contribution in [3.05, 3.63) is 23.3 Å². The fraction of sp³-hybridized carbons (Fsp3) is 0.462. The second kappa shape index (κ2) is 4.39. The second-order valence-corrected chi connectivity index (χ2v) is 5.61. The number of thioether (sulfide) groups is 1. The zero-order valence-electron chi connectivity index (χ0n) is 9.87. The molecular weight excluding hydrogens is 216 g/mol. The molecule has 0 amide bonds. The molecule has 1 heterocycles. The Labute approximate surface area is 101 Å². The Hall–Kier alpha value is -1.14. The number of hydrogen-bond donors (Lipinski definition) is 1. The lowest BCUT2D eigenvalue weighted by Crippen LogP contribution is -2.32. The zero-order chi connectivity index (χ0) is 11.7. The third-order valence-electron chi connectivity index (χ3n) is 3.20. The molecular formula is C13H16N2S. The number of benzene rings is 1. The summed E-state index contributed by atoms with van der Waals surface area (Å²) in [5.41, 5.74) is 3.90. The van der Waals surface area contributed by atoms with Crippen molar-refractivity contribution in [2.24, 2.45) is 0 Å². The largest absolute Gasteiger partial charge is 0.380 e. The lowest BCUT2D eigenvalue weighted by molar-refractivity contribution is 0.728. The Balaban J connectivity index is 2.35. The molecule has 1 aromatic carbocycles. The predicted molar refractivity (Wildman–Crippen MR) is 68.9 cm³/mol. The quantitative estimate of drug-likeness (QED) is 0.805. The van der Waals surface area contributed by atoms with Crippen LogP contribution in [-0.2, 0) is 0 Å². The number of fused-ring (bicyclic) bond motifs is 1. The van der Waals surface area contributed by atoms with Crippen molar-refractivity contribution in [1.29, 1.82) is 5.26 Å². The van der Waals surface area contributed by atoms with Crippen LogP contribution in [0, 0.1) is 25.2 Å². The molecule has 1 aliphatic heterocycles. The lowest BCUT2D eigenvalue weighted by Gasteiger charge is -2.32. The summed E-state index contributed by atoms with van der Waals surface area (Å²) >= 11 is 1.83. The maximum atomic E-state index is 8.79. The van der Waals surface area contributed by atoms with Gasteiger partial charge in [0.2, 0.25) is 0 Å². The molecule has 0 radical (unpaired) electrons. The number of rotatable bonds is 1. The van der Waals surface area contributed by atoms with Crippen LogP contribution in [0.1, 0.15) is 24.5 Å². The van der Waals surface area contributed by atoms with Crippen LogP contribution in [0.3, 0.4) is 0 Å². The van der Waals surface area contributed by atoms with Gasteiger partial charge in [0.05, 0.1) is 11.8 Å². The van der Waals surface area contributed by atoms with Crippen LogP contribution in [0.25, 0.3) is 0 Å². The SMILES string of the molecule is Cc1ccc2c(c1C)NC(C)C(CC#N)S2. The summed E-state index contributed by atoms with van der Waals surface area (Å²) in [6, 6.07) is 6.94. The second-order valence-electron chi connectivity index (χ2n) is 4.33. The van der Waals surface area contributed by atoms with Crippen molar-refractivity contribution in [3.63, 3.8) is 0 Å². The molecule has 2 unspecified atom stereocenters. The molecule has 0 aliphatic carbocycles. The zero-order valence-corrected chi connectivity index (χ0v) is 10.7. The highest BCUT2D eigenvalue weighted by atomic mass is 32.2. The number of nitrogens with one attached hydrogen (secondary N) is 1. The van der Waals surface area contributed by atoms with E-state index in [9.17, 15) is 0 Å². The molecule has 84 valence electrons. The Bertz CT molecular complexity index is 448. The van der Waals surface area contributed by atoms with Crippen LogP contribution >= 0.6 is 11.8 Å². The Morgan fingerprint density at radius 3 is 2.88 bits per heavy atom. The highest BCUT2D eigenvalue weighted by Gasteiger charge is 2.26. The molecule has 0 saturated carbocycles. The van der Waals surface area contributed by atoms with Gasteiger partial charge in [-0.25, -0.2) is 0 Å². The van der Waals surface area contributed by atoms with E-state index in [1.54, 1.807) is 0 Å². The maximum Gasteiger partial charge on any atom is 0.0634 e. The molecule has 16 heavy (non-hydrogen) atoms. The van der Waals surface area contributed by atoms with Crippen LogP contribution in [0.4, 0.5) is 5.69 Å². The topological polar surface area (TPSA) is 35.8 Å². The molecule has 1 N–H and O–H groups in total. The molecule has 0 saturated heterocycles. The van der Waals surface area contributed by atoms with Gasteiger partial charge in [-0.15, -0.1) is 11.8 Å². The Kier molecular flexibility index (Phi) is 3.11. The Morgan fingerprint density at radius 1 is 1.44 bits per heavy atom. The maximum absolute atomic E-state index is 8.79. The molecule has 0 fully saturated rings. The lowest BCUT2D eigenvalue weighted by atomic mass is 10.1. The third kappa shape index (κ3) is 1.90. The minimum absolute atomic E-state index is 0.359. The van der Waals surface area contributed by atoms with Gasteiger partial charge >= 0.3 is 0 Å². The minimum Gasteiger partial charge on any atom is -0.380 e. The van der Waals surface area contributed by atoms with Gasteiger partial charge in [-0.1, -0.05) is 6.07 Å². The van der Waals surface area contributed by atoms with Crippen molar-refractivity contribution in [2.45, 2.75) is 43.4 Å². The summed E-state index contributed by atoms with van der Waals surface area (Å²) in [4.78, 5) is 1.28. The average molecular weight is 232 g/mol. The Morgan fingerprint density at radius 2 is 2.19 bits per heavy atom. The number of anilines is 1. The molecule has 0 aromatic heterocycles. The van der Waals surface area contributed by atoms with Gasteiger partial charge in [0.15, 0.2) is 0 Å². The van der Waals surface area contributed by atoms with Gasteiger partial charge in [0.1, 0.15) is 0 Å². The van der Waals surface area contributed by atoms with E-state index >= 15 is 0 Å². The van der Waals surface area contributed by atoms with E-state index in [1.807, 2.05) is 11.8 Å². The first kappa shape index (κ1) is 11.3. The highest BCUT2D eigenvalue weighted by Crippen LogP contribution is 2.41. The van der Waals surface area contributed by atoms with Crippen LogP contribution in [0.15, 0.2) is 17.0 Å². The predicted octanol–water partition coefficient (Wildman–Crippen LogP) is 3.49. The smallest absolute Gasteiger partial charge is 0.0634 e. The van der Waals surface area contributed by atoms with E-state index in [2.05, 4.69) is 44.3 Å². The van der Waals surface area contributed by atoms with Gasteiger partial charge in [0, 0.05) is 22.6 Å². The first-order valence-electron chi connectivity index (χ1n) is 5.54. The number of nitriles is 1. The van der Waals surface area contributed by atoms with Crippen molar-refractivity contribution < 1.29 is 0 Å². The van der Waals surface area contributed by atoms with E-state index in [4.69, 9.17) is 5.26 Å². The van der Waals surface area contributed by atoms with Crippen LogP contribution in [0.2, 0.25) is 0 Å². The van der Waals surface area contributed by atoms with Gasteiger partial charge < -0.3 is 5.32 Å². The summed E-state index contributed by atoms with van der Waals surface area (Å²) < 4.78 is 0. The molecule has 2 nitrogen and oxygen atoms in total. The summed E-state index contributed by atoms with van der Waals surface area (Å²) in [6.45, 7) is 6.44. The van der Waals surface area contributed by atoms with E-state index in [0.717, 1.165) is 0 Å². The van der Waals surface area contributed by atoms with Crippen molar-refractivity contribution >= 4 is 17.4 Å². The third-order valence-corrected chi connectivity index (χ3v) is 4.67. The first-order valence-corrected chi connectivity index (χ1v) is 6.41. The summed E-state index contributed by atoms with van der Waals surface area (Å²) in [5, 5.41) is 12.7. The summed E-state index contributed by atoms with van der Waals surface area (Å²) in [5.74, 6) is 0. The standard InChI is InChI=1S/C13H16N2S/c1-8-4-5-12-13(9(8)2)15-10(3)11(16-12)6-7-14/h4-5,10-11,15H,6H2,1-3H3. The number of nitrogens with zero attached hydrogens (tertiary/aromatic N) is 1. The normalized spacial score (nSPS) is 23.1. The van der Waals surface area contributed by atoms with Gasteiger partial charge in [-0.3, -0.25) is 0 Å². The minimum atomic E-state index is 0.359. The van der Waals surface area contributed by atoms with E-state index in [-0.39, 0.29) is 0 Å². The summed E-state index contributed by atoms with van der Waals surface area (Å²) in [7, 11) is 0. The van der Waals surface area contributed by atoms with Crippen molar-refractivity contribution in [3.8, 4) is 6.07 Å². The fourth-order valence-electron chi connectivity index (χ4n) is 1.96. The van der Waals surface area contributed by atoms with E-state index in [0.29, 0.717) is 17.7 Å². The van der Waals surface area contributed by atoms with Crippen molar-refractivity contribution in [1.82, 2.24) is 0 Å². The van der Waals surface area contributed by atoms with E-state index < -0.39 is 0 Å². The summed E-state index contributed by atoms with van der Waals surface area (Å²) in [6.07, 6.45) is 0.602. The molecule has 1 aliphatic rings. The molecule has 1 aromatic rings. The van der Waals surface area contributed by atoms with Gasteiger partial charge in [-0.05, 0) is 38.0 Å². The van der Waals surface area contributed by atoms with Crippen LogP contribution in [-0.4, -0.2) is 11.3 Å².